The Bertz CT molecular complexity index is 1370. The zero-order valence-electron chi connectivity index (χ0n) is 35.6. The van der Waals surface area contributed by atoms with Gasteiger partial charge in [-0.1, -0.05) is 114 Å². The Morgan fingerprint density at radius 3 is 2.05 bits per heavy atom. The van der Waals surface area contributed by atoms with Crippen LogP contribution in [0.2, 0.25) is 0 Å². The second-order valence-electron chi connectivity index (χ2n) is 14.6. The number of esters is 2. The molecule has 1 heterocycles. The van der Waals surface area contributed by atoms with Crippen molar-refractivity contribution in [2.24, 2.45) is 5.73 Å². The molecule has 0 saturated heterocycles. The van der Waals surface area contributed by atoms with Crippen LogP contribution in [0.3, 0.4) is 0 Å². The van der Waals surface area contributed by atoms with Crippen LogP contribution >= 0.6 is 7.82 Å². The molecule has 326 valence electrons. The molecule has 0 spiro atoms. The molecule has 0 aliphatic carbocycles. The van der Waals surface area contributed by atoms with Gasteiger partial charge in [-0.05, 0) is 82.8 Å². The third-order valence-electron chi connectivity index (χ3n) is 9.49. The molecule has 3 atom stereocenters. The van der Waals surface area contributed by atoms with Crippen LogP contribution < -0.4 is 5.73 Å². The van der Waals surface area contributed by atoms with Crippen molar-refractivity contribution in [1.29, 1.82) is 0 Å². The predicted octanol–water partition coefficient (Wildman–Crippen LogP) is 10.6. The van der Waals surface area contributed by atoms with Crippen molar-refractivity contribution in [1.82, 2.24) is 0 Å². The van der Waals surface area contributed by atoms with E-state index in [9.17, 15) is 24.2 Å². The lowest BCUT2D eigenvalue weighted by Crippen LogP contribution is -2.29. The minimum absolute atomic E-state index is 0.0193. The molecule has 1 aromatic rings. The molecule has 57 heavy (non-hydrogen) atoms. The summed E-state index contributed by atoms with van der Waals surface area (Å²) in [5.74, 6) is 1.21. The van der Waals surface area contributed by atoms with Gasteiger partial charge in [0.1, 0.15) is 18.1 Å². The number of aryl methyl sites for hydroxylation is 2. The van der Waals surface area contributed by atoms with Crippen molar-refractivity contribution in [2.75, 3.05) is 26.4 Å². The first-order valence-corrected chi connectivity index (χ1v) is 23.1. The number of phosphoric ester groups is 1. The molecule has 0 bridgehead atoms. The van der Waals surface area contributed by atoms with Crippen molar-refractivity contribution in [3.63, 3.8) is 0 Å². The zero-order valence-corrected chi connectivity index (χ0v) is 36.5. The van der Waals surface area contributed by atoms with E-state index in [1.807, 2.05) is 12.2 Å². The third-order valence-corrected chi connectivity index (χ3v) is 10.5. The van der Waals surface area contributed by atoms with E-state index in [2.05, 4.69) is 52.0 Å². The summed E-state index contributed by atoms with van der Waals surface area (Å²) in [5.41, 5.74) is 7.94. The van der Waals surface area contributed by atoms with Crippen LogP contribution in [-0.2, 0) is 45.5 Å². The van der Waals surface area contributed by atoms with Gasteiger partial charge in [0.15, 0.2) is 6.10 Å². The molecular formula is C45H76NO10P. The topological polar surface area (TPSA) is 168 Å². The van der Waals surface area contributed by atoms with E-state index < -0.39 is 38.6 Å². The molecule has 0 saturated carbocycles. The van der Waals surface area contributed by atoms with Gasteiger partial charge in [0.05, 0.1) is 19.3 Å². The summed E-state index contributed by atoms with van der Waals surface area (Å²) in [4.78, 5) is 35.0. The van der Waals surface area contributed by atoms with Crippen molar-refractivity contribution in [3.05, 3.63) is 71.3 Å². The molecule has 4 N–H and O–H groups in total. The fourth-order valence-electron chi connectivity index (χ4n) is 6.02. The maximum absolute atomic E-state index is 12.6. The van der Waals surface area contributed by atoms with E-state index in [0.717, 1.165) is 95.0 Å². The fraction of sp³-hybridized carbons (Fsp3) is 0.689. The average molecular weight is 822 g/mol. The number of ether oxygens (including phenoxy) is 2. The first kappa shape index (κ1) is 52.2. The summed E-state index contributed by atoms with van der Waals surface area (Å²) in [6, 6.07) is 0. The van der Waals surface area contributed by atoms with Gasteiger partial charge in [0.25, 0.3) is 0 Å². The van der Waals surface area contributed by atoms with Gasteiger partial charge in [0.2, 0.25) is 0 Å². The Morgan fingerprint density at radius 2 is 1.37 bits per heavy atom. The molecule has 1 unspecified atom stereocenters. The van der Waals surface area contributed by atoms with E-state index in [1.165, 1.54) is 30.4 Å². The highest BCUT2D eigenvalue weighted by Crippen LogP contribution is 2.43. The van der Waals surface area contributed by atoms with Crippen LogP contribution in [0.4, 0.5) is 0 Å². The van der Waals surface area contributed by atoms with Gasteiger partial charge >= 0.3 is 19.8 Å². The second-order valence-corrected chi connectivity index (χ2v) is 16.1. The predicted molar refractivity (Wildman–Crippen MR) is 229 cm³/mol. The van der Waals surface area contributed by atoms with Gasteiger partial charge in [0, 0.05) is 32.2 Å². The van der Waals surface area contributed by atoms with Crippen LogP contribution in [0.5, 0.6) is 0 Å². The highest BCUT2D eigenvalue weighted by Gasteiger charge is 2.26. The Balaban J connectivity index is 2.34. The van der Waals surface area contributed by atoms with E-state index in [1.54, 1.807) is 12.2 Å². The van der Waals surface area contributed by atoms with Crippen molar-refractivity contribution in [2.45, 2.75) is 175 Å². The monoisotopic (exact) mass is 822 g/mol. The van der Waals surface area contributed by atoms with E-state index >= 15 is 0 Å². The Morgan fingerprint density at radius 1 is 0.737 bits per heavy atom. The molecule has 0 aliphatic heterocycles. The zero-order chi connectivity index (χ0) is 42.0. The van der Waals surface area contributed by atoms with Crippen molar-refractivity contribution < 1.29 is 47.1 Å². The van der Waals surface area contributed by atoms with E-state index in [0.29, 0.717) is 19.3 Å². The lowest BCUT2D eigenvalue weighted by Gasteiger charge is -2.20. The van der Waals surface area contributed by atoms with Gasteiger partial charge in [-0.3, -0.25) is 18.6 Å². The van der Waals surface area contributed by atoms with Gasteiger partial charge < -0.3 is 29.6 Å². The number of carbonyl (C=O) groups excluding carboxylic acids is 2. The molecule has 0 radical (unpaired) electrons. The number of allylic oxidation sites excluding steroid dienone is 7. The number of unbranched alkanes of at least 4 members (excludes halogenated alkanes) is 10. The molecule has 1 rings (SSSR count). The van der Waals surface area contributed by atoms with Gasteiger partial charge in [-0.2, -0.15) is 0 Å². The first-order chi connectivity index (χ1) is 27.5. The highest BCUT2D eigenvalue weighted by atomic mass is 31.2. The van der Waals surface area contributed by atoms with Crippen LogP contribution in [0.15, 0.2) is 53.0 Å². The van der Waals surface area contributed by atoms with Crippen LogP contribution in [0.1, 0.15) is 158 Å². The standard InChI is InChI=1S/C45H76NO10P/c1-5-7-8-9-10-11-12-13-14-15-18-21-24-29-40(47)30-27-33-44(48)52-36-41(37-54-57(50,51)53-35-34-46)55-45(49)32-26-23-20-17-16-19-22-25-31-43-39(4)38(3)42(56-43)28-6-2/h10-11,13-14,18,21,24,29,40-41,47H,5-9,12,15-17,19-20,22-23,25-28,30-37,46H2,1-4H3,(H,50,51)/b11-10-,14-13-,21-18-,29-24+/t40-,41-/m1/s1. The van der Waals surface area contributed by atoms with Gasteiger partial charge in [-0.25, -0.2) is 4.57 Å². The number of aliphatic hydroxyl groups is 1. The van der Waals surface area contributed by atoms with Crippen LogP contribution in [0.25, 0.3) is 0 Å². The summed E-state index contributed by atoms with van der Waals surface area (Å²) >= 11 is 0. The number of aliphatic hydroxyl groups excluding tert-OH is 1. The second kappa shape index (κ2) is 34.1. The molecular weight excluding hydrogens is 745 g/mol. The normalized spacial score (nSPS) is 14.3. The summed E-state index contributed by atoms with van der Waals surface area (Å²) in [6.45, 7) is 7.67. The first-order valence-electron chi connectivity index (χ1n) is 21.6. The largest absolute Gasteiger partial charge is 0.472 e. The maximum atomic E-state index is 12.6. The minimum atomic E-state index is -4.44. The van der Waals surface area contributed by atoms with E-state index in [4.69, 9.17) is 28.7 Å². The summed E-state index contributed by atoms with van der Waals surface area (Å²) in [7, 11) is -4.44. The summed E-state index contributed by atoms with van der Waals surface area (Å²) in [6.07, 6.45) is 33.1. The van der Waals surface area contributed by atoms with Crippen LogP contribution in [0, 0.1) is 13.8 Å². The fourth-order valence-corrected chi connectivity index (χ4v) is 6.78. The maximum Gasteiger partial charge on any atom is 0.472 e. The molecule has 0 aliphatic rings. The third kappa shape index (κ3) is 28.3. The number of nitrogens with two attached hydrogens (primary N) is 1. The van der Waals surface area contributed by atoms with E-state index in [-0.39, 0.29) is 32.6 Å². The quantitative estimate of drug-likeness (QED) is 0.0194. The smallest absolute Gasteiger partial charge is 0.466 e. The lowest BCUT2D eigenvalue weighted by molar-refractivity contribution is -0.161. The summed E-state index contributed by atoms with van der Waals surface area (Å²) < 4.78 is 38.8. The molecule has 1 aromatic heterocycles. The summed E-state index contributed by atoms with van der Waals surface area (Å²) in [5, 5.41) is 10.2. The van der Waals surface area contributed by atoms with Crippen LogP contribution in [-0.4, -0.2) is 60.5 Å². The lowest BCUT2D eigenvalue weighted by atomic mass is 10.0. The van der Waals surface area contributed by atoms with Crippen molar-refractivity contribution >= 4 is 19.8 Å². The number of furan rings is 1. The highest BCUT2D eigenvalue weighted by molar-refractivity contribution is 7.47. The number of carbonyl (C=O) groups is 2. The van der Waals surface area contributed by atoms with Crippen molar-refractivity contribution in [3.8, 4) is 0 Å². The molecule has 0 fully saturated rings. The van der Waals surface area contributed by atoms with Gasteiger partial charge in [-0.15, -0.1) is 0 Å². The Kier molecular flexibility index (Phi) is 31.3. The Hall–Kier alpha value is -2.79. The SMILES string of the molecule is CCCCC/C=C\C/C=C\C/C=C\C=C\[C@@H](O)CCCC(=O)OC[C@H](COP(=O)(O)OCCN)OC(=O)CCCCCCCCCCc1oc(CCC)c(C)c1C. The Labute approximate surface area is 344 Å². The number of hydrogen-bond acceptors (Lipinski definition) is 10. The average Bonchev–Trinajstić information content (AvgIpc) is 3.45. The number of phosphoric acid groups is 1. The molecule has 11 nitrogen and oxygen atoms in total. The molecule has 0 amide bonds. The molecule has 0 aromatic carbocycles. The minimum Gasteiger partial charge on any atom is -0.466 e. The number of hydrogen-bond donors (Lipinski definition) is 3. The number of rotatable bonds is 36. The molecule has 12 heteroatoms.